The number of methoxy groups -OCH3 is 1. The molecule has 0 bridgehead atoms. The molecule has 0 spiro atoms. The SMILES string of the molecule is COc1cccc(CCC(=O)N2CCC(C(=O)N3CCCCCC3)CC2)c1. The van der Waals surface area contributed by atoms with Crippen LogP contribution in [0.5, 0.6) is 5.75 Å². The van der Waals surface area contributed by atoms with Crippen molar-refractivity contribution < 1.29 is 14.3 Å². The topological polar surface area (TPSA) is 49.9 Å². The number of rotatable bonds is 5. The lowest BCUT2D eigenvalue weighted by Crippen LogP contribution is -2.44. The standard InChI is InChI=1S/C22H32N2O3/c1-27-20-8-6-7-18(17-20)9-10-21(25)23-15-11-19(12-16-23)22(26)24-13-4-2-3-5-14-24/h6-8,17,19H,2-5,9-16H2,1H3. The Morgan fingerprint density at radius 2 is 1.70 bits per heavy atom. The molecule has 1 aromatic carbocycles. The number of aryl methyl sites for hydroxylation is 1. The highest BCUT2D eigenvalue weighted by molar-refractivity contribution is 5.80. The summed E-state index contributed by atoms with van der Waals surface area (Å²) in [7, 11) is 1.65. The molecule has 27 heavy (non-hydrogen) atoms. The van der Waals surface area contributed by atoms with E-state index < -0.39 is 0 Å². The molecule has 0 saturated carbocycles. The third-order valence-corrected chi connectivity index (χ3v) is 5.88. The van der Waals surface area contributed by atoms with Gasteiger partial charge < -0.3 is 14.5 Å². The number of ether oxygens (including phenoxy) is 1. The number of piperidine rings is 1. The average Bonchev–Trinajstić information content (AvgIpc) is 3.01. The van der Waals surface area contributed by atoms with Crippen molar-refractivity contribution in [2.75, 3.05) is 33.3 Å². The molecule has 0 N–H and O–H groups in total. The first-order valence-corrected chi connectivity index (χ1v) is 10.4. The van der Waals surface area contributed by atoms with Gasteiger partial charge in [0.1, 0.15) is 5.75 Å². The minimum atomic E-state index is 0.102. The van der Waals surface area contributed by atoms with E-state index in [1.165, 1.54) is 12.8 Å². The molecule has 148 valence electrons. The lowest BCUT2D eigenvalue weighted by molar-refractivity contribution is -0.140. The molecule has 2 aliphatic heterocycles. The molecule has 0 radical (unpaired) electrons. The van der Waals surface area contributed by atoms with Gasteiger partial charge in [0.25, 0.3) is 0 Å². The maximum absolute atomic E-state index is 12.8. The summed E-state index contributed by atoms with van der Waals surface area (Å²) in [5, 5.41) is 0. The van der Waals surface area contributed by atoms with E-state index in [1.54, 1.807) is 7.11 Å². The summed E-state index contributed by atoms with van der Waals surface area (Å²) in [6.07, 6.45) is 7.59. The normalized spacial score (nSPS) is 18.9. The quantitative estimate of drug-likeness (QED) is 0.797. The van der Waals surface area contributed by atoms with Gasteiger partial charge in [0.15, 0.2) is 0 Å². The fraction of sp³-hybridized carbons (Fsp3) is 0.636. The Balaban J connectivity index is 1.44. The Morgan fingerprint density at radius 3 is 2.37 bits per heavy atom. The molecule has 2 aliphatic rings. The molecule has 5 heteroatoms. The fourth-order valence-corrected chi connectivity index (χ4v) is 4.16. The van der Waals surface area contributed by atoms with Gasteiger partial charge in [-0.1, -0.05) is 25.0 Å². The van der Waals surface area contributed by atoms with Gasteiger partial charge >= 0.3 is 0 Å². The van der Waals surface area contributed by atoms with E-state index in [0.29, 0.717) is 25.4 Å². The van der Waals surface area contributed by atoms with Crippen molar-refractivity contribution in [3.05, 3.63) is 29.8 Å². The molecular formula is C22H32N2O3. The molecule has 0 unspecified atom stereocenters. The summed E-state index contributed by atoms with van der Waals surface area (Å²) in [5.74, 6) is 1.44. The molecule has 1 aromatic rings. The van der Waals surface area contributed by atoms with Crippen molar-refractivity contribution in [1.82, 2.24) is 9.80 Å². The van der Waals surface area contributed by atoms with E-state index in [-0.39, 0.29) is 11.8 Å². The number of amides is 2. The van der Waals surface area contributed by atoms with Crippen molar-refractivity contribution in [3.63, 3.8) is 0 Å². The van der Waals surface area contributed by atoms with Crippen LogP contribution in [0.25, 0.3) is 0 Å². The number of nitrogens with zero attached hydrogens (tertiary/aromatic N) is 2. The molecule has 5 nitrogen and oxygen atoms in total. The fourth-order valence-electron chi connectivity index (χ4n) is 4.16. The van der Waals surface area contributed by atoms with Crippen molar-refractivity contribution in [1.29, 1.82) is 0 Å². The molecule has 0 atom stereocenters. The highest BCUT2D eigenvalue weighted by Crippen LogP contribution is 2.23. The first-order valence-electron chi connectivity index (χ1n) is 10.4. The Kier molecular flexibility index (Phi) is 7.13. The van der Waals surface area contributed by atoms with Crippen LogP contribution in [0.15, 0.2) is 24.3 Å². The van der Waals surface area contributed by atoms with Crippen LogP contribution in [-0.4, -0.2) is 54.9 Å². The highest BCUT2D eigenvalue weighted by atomic mass is 16.5. The summed E-state index contributed by atoms with van der Waals surface area (Å²) in [5.41, 5.74) is 1.12. The molecular weight excluding hydrogens is 340 g/mol. The second-order valence-electron chi connectivity index (χ2n) is 7.75. The molecule has 2 amide bonds. The van der Waals surface area contributed by atoms with Gasteiger partial charge in [-0.15, -0.1) is 0 Å². The summed E-state index contributed by atoms with van der Waals surface area (Å²) in [6, 6.07) is 7.89. The largest absolute Gasteiger partial charge is 0.497 e. The molecule has 0 aromatic heterocycles. The van der Waals surface area contributed by atoms with Crippen molar-refractivity contribution in [2.45, 2.75) is 51.4 Å². The molecule has 2 fully saturated rings. The zero-order valence-electron chi connectivity index (χ0n) is 16.5. The Morgan fingerprint density at radius 1 is 1.00 bits per heavy atom. The van der Waals surface area contributed by atoms with Gasteiger partial charge in [0.2, 0.25) is 11.8 Å². The summed E-state index contributed by atoms with van der Waals surface area (Å²) < 4.78 is 5.24. The number of hydrogen-bond acceptors (Lipinski definition) is 3. The van der Waals surface area contributed by atoms with E-state index in [9.17, 15) is 9.59 Å². The monoisotopic (exact) mass is 372 g/mol. The lowest BCUT2D eigenvalue weighted by Gasteiger charge is -2.34. The van der Waals surface area contributed by atoms with Crippen LogP contribution in [0.1, 0.15) is 50.5 Å². The predicted octanol–water partition coefficient (Wildman–Crippen LogP) is 3.27. The summed E-state index contributed by atoms with van der Waals surface area (Å²) in [6.45, 7) is 3.25. The highest BCUT2D eigenvalue weighted by Gasteiger charge is 2.30. The molecule has 2 saturated heterocycles. The van der Waals surface area contributed by atoms with Crippen molar-refractivity contribution >= 4 is 11.8 Å². The van der Waals surface area contributed by atoms with Crippen LogP contribution >= 0.6 is 0 Å². The van der Waals surface area contributed by atoms with Crippen LogP contribution < -0.4 is 4.74 Å². The Labute approximate surface area is 162 Å². The van der Waals surface area contributed by atoms with Gasteiger partial charge in [-0.05, 0) is 49.8 Å². The van der Waals surface area contributed by atoms with Crippen LogP contribution in [0.4, 0.5) is 0 Å². The van der Waals surface area contributed by atoms with Crippen LogP contribution in [-0.2, 0) is 16.0 Å². The van der Waals surface area contributed by atoms with Crippen molar-refractivity contribution in [3.8, 4) is 5.75 Å². The van der Waals surface area contributed by atoms with Crippen LogP contribution in [0.3, 0.4) is 0 Å². The van der Waals surface area contributed by atoms with E-state index in [2.05, 4.69) is 4.90 Å². The minimum absolute atomic E-state index is 0.102. The average molecular weight is 373 g/mol. The van der Waals surface area contributed by atoms with Crippen LogP contribution in [0, 0.1) is 5.92 Å². The van der Waals surface area contributed by atoms with Crippen molar-refractivity contribution in [2.24, 2.45) is 5.92 Å². The second-order valence-corrected chi connectivity index (χ2v) is 7.75. The van der Waals surface area contributed by atoms with Gasteiger partial charge in [0.05, 0.1) is 7.11 Å². The van der Waals surface area contributed by atoms with Gasteiger partial charge in [0, 0.05) is 38.5 Å². The van der Waals surface area contributed by atoms with Gasteiger partial charge in [-0.3, -0.25) is 9.59 Å². The summed E-state index contributed by atoms with van der Waals surface area (Å²) in [4.78, 5) is 29.3. The minimum Gasteiger partial charge on any atom is -0.497 e. The predicted molar refractivity (Wildman–Crippen MR) is 106 cm³/mol. The number of carbonyl (C=O) groups excluding carboxylic acids is 2. The number of carbonyl (C=O) groups is 2. The summed E-state index contributed by atoms with van der Waals surface area (Å²) >= 11 is 0. The second kappa shape index (κ2) is 9.77. The lowest BCUT2D eigenvalue weighted by atomic mass is 9.94. The number of benzene rings is 1. The third kappa shape index (κ3) is 5.47. The van der Waals surface area contributed by atoms with Crippen LogP contribution in [0.2, 0.25) is 0 Å². The van der Waals surface area contributed by atoms with E-state index in [4.69, 9.17) is 4.74 Å². The first-order chi connectivity index (χ1) is 13.2. The molecule has 3 rings (SSSR count). The van der Waals surface area contributed by atoms with E-state index >= 15 is 0 Å². The maximum Gasteiger partial charge on any atom is 0.225 e. The van der Waals surface area contributed by atoms with Gasteiger partial charge in [-0.25, -0.2) is 0 Å². The Hall–Kier alpha value is -2.04. The third-order valence-electron chi connectivity index (χ3n) is 5.88. The van der Waals surface area contributed by atoms with E-state index in [1.807, 2.05) is 29.2 Å². The molecule has 0 aliphatic carbocycles. The Bertz CT molecular complexity index is 630. The number of hydrogen-bond donors (Lipinski definition) is 0. The molecule has 2 heterocycles. The van der Waals surface area contributed by atoms with Gasteiger partial charge in [-0.2, -0.15) is 0 Å². The zero-order chi connectivity index (χ0) is 19.1. The van der Waals surface area contributed by atoms with E-state index in [0.717, 1.165) is 56.5 Å². The number of likely N-dealkylation sites (tertiary alicyclic amines) is 2. The smallest absolute Gasteiger partial charge is 0.225 e. The first kappa shape index (κ1) is 19.7. The maximum atomic E-state index is 12.8. The zero-order valence-corrected chi connectivity index (χ0v) is 16.5.